The summed E-state index contributed by atoms with van der Waals surface area (Å²) in [5.74, 6) is 4.07. The van der Waals surface area contributed by atoms with Gasteiger partial charge in [-0.2, -0.15) is 0 Å². The van der Waals surface area contributed by atoms with Gasteiger partial charge in [-0.1, -0.05) is 79.3 Å². The van der Waals surface area contributed by atoms with E-state index in [-0.39, 0.29) is 19.1 Å². The molecule has 0 radical (unpaired) electrons. The summed E-state index contributed by atoms with van der Waals surface area (Å²) in [6.45, 7) is 13.8. The van der Waals surface area contributed by atoms with Gasteiger partial charge in [0, 0.05) is 11.8 Å². The van der Waals surface area contributed by atoms with Gasteiger partial charge in [0.1, 0.15) is 5.78 Å². The maximum atomic E-state index is 10.1. The number of carbonyl (C=O) groups is 1. The summed E-state index contributed by atoms with van der Waals surface area (Å²) in [4.78, 5) is 10.1. The molecule has 0 aliphatic carbocycles. The van der Waals surface area contributed by atoms with Gasteiger partial charge in [0.05, 0.1) is 0 Å². The monoisotopic (exact) mass is 290 g/mol. The third-order valence-corrected chi connectivity index (χ3v) is 2.61. The van der Waals surface area contributed by atoms with Gasteiger partial charge in [0.25, 0.3) is 0 Å². The maximum absolute atomic E-state index is 10.1. The van der Waals surface area contributed by atoms with E-state index >= 15 is 0 Å². The molecule has 0 unspecified atom stereocenters. The Kier molecular flexibility index (Phi) is 17.3. The second kappa shape index (κ2) is 14.9. The molecule has 0 heterocycles. The minimum Gasteiger partial charge on any atom is -0.300 e. The van der Waals surface area contributed by atoms with E-state index in [1.165, 1.54) is 5.56 Å². The molecule has 1 aromatic carbocycles. The number of Topliss-reactive ketones (excluding diaryl/α,β-unsaturated/α-hetero) is 1. The molecular weight excluding hydrogens is 256 g/mol. The number of terminal acetylenes is 1. The Bertz CT molecular complexity index is 380. The number of benzene rings is 1. The topological polar surface area (TPSA) is 17.1 Å². The minimum atomic E-state index is 0. The number of hydrogen-bond acceptors (Lipinski definition) is 1. The first-order chi connectivity index (χ1) is 9.22. The molecule has 1 nitrogen and oxygen atoms in total. The molecule has 120 valence electrons. The van der Waals surface area contributed by atoms with Crippen LogP contribution in [0.5, 0.6) is 0 Å². The fourth-order valence-electron chi connectivity index (χ4n) is 0.838. The fourth-order valence-corrected chi connectivity index (χ4v) is 0.838. The number of carbonyl (C=O) groups excluding carboxylic acids is 1. The average molecular weight is 290 g/mol. The molecule has 0 aliphatic rings. The summed E-state index contributed by atoms with van der Waals surface area (Å²) in [5, 5.41) is 0. The summed E-state index contributed by atoms with van der Waals surface area (Å²) < 4.78 is 0. The molecule has 0 bridgehead atoms. The average Bonchev–Trinajstić information content (AvgIpc) is 2.41. The summed E-state index contributed by atoms with van der Waals surface area (Å²) in [7, 11) is 0. The van der Waals surface area contributed by atoms with E-state index in [4.69, 9.17) is 6.42 Å². The Morgan fingerprint density at radius 1 is 1.00 bits per heavy atom. The van der Waals surface area contributed by atoms with Gasteiger partial charge in [0.15, 0.2) is 0 Å². The zero-order chi connectivity index (χ0) is 16.1. The first-order valence-electron chi connectivity index (χ1n) is 7.23. The van der Waals surface area contributed by atoms with Crippen molar-refractivity contribution in [2.45, 2.75) is 61.8 Å². The Morgan fingerprint density at radius 3 is 1.48 bits per heavy atom. The van der Waals surface area contributed by atoms with Crippen LogP contribution in [0, 0.1) is 24.2 Å². The number of ketones is 1. The molecule has 1 heteroatoms. The van der Waals surface area contributed by atoms with Gasteiger partial charge in [-0.25, -0.2) is 0 Å². The molecular formula is C20H34O. The second-order valence-electron chi connectivity index (χ2n) is 5.65. The van der Waals surface area contributed by atoms with Crippen molar-refractivity contribution in [3.8, 4) is 12.3 Å². The van der Waals surface area contributed by atoms with Crippen LogP contribution in [0.25, 0.3) is 0 Å². The molecule has 0 spiro atoms. The van der Waals surface area contributed by atoms with E-state index in [0.717, 1.165) is 0 Å². The molecule has 1 rings (SSSR count). The Hall–Kier alpha value is -1.55. The van der Waals surface area contributed by atoms with Crippen LogP contribution in [-0.2, 0) is 4.79 Å². The smallest absolute Gasteiger partial charge is 0.132 e. The molecule has 21 heavy (non-hydrogen) atoms. The van der Waals surface area contributed by atoms with Crippen LogP contribution in [0.2, 0.25) is 0 Å². The van der Waals surface area contributed by atoms with E-state index in [2.05, 4.69) is 44.0 Å². The van der Waals surface area contributed by atoms with Crippen LogP contribution in [0.3, 0.4) is 0 Å². The lowest BCUT2D eigenvalue weighted by Crippen LogP contribution is -1.98. The zero-order valence-electron chi connectivity index (χ0n) is 14.1. The van der Waals surface area contributed by atoms with Crippen molar-refractivity contribution in [3.63, 3.8) is 0 Å². The summed E-state index contributed by atoms with van der Waals surface area (Å²) in [6.07, 6.45) is 4.92. The highest BCUT2D eigenvalue weighted by Gasteiger charge is 1.95. The van der Waals surface area contributed by atoms with Crippen LogP contribution in [0.4, 0.5) is 0 Å². The Balaban J connectivity index is -0.000000240. The zero-order valence-corrected chi connectivity index (χ0v) is 14.1. The SMILES string of the molecule is C.C#CC(C)C.CC(=O)C(C)C.CC(C)c1ccccc1. The van der Waals surface area contributed by atoms with Crippen LogP contribution in [0.1, 0.15) is 67.4 Å². The van der Waals surface area contributed by atoms with Crippen molar-refractivity contribution in [2.24, 2.45) is 11.8 Å². The number of rotatable bonds is 2. The lowest BCUT2D eigenvalue weighted by molar-refractivity contribution is -0.119. The van der Waals surface area contributed by atoms with Gasteiger partial charge < -0.3 is 0 Å². The molecule has 0 N–H and O–H groups in total. The van der Waals surface area contributed by atoms with E-state index in [9.17, 15) is 4.79 Å². The standard InChI is InChI=1S/C9H12.C5H10O.C5H8.CH4/c1-8(2)9-6-4-3-5-7-9;1-4(2)5(3)6;1-4-5(2)3;/h3-8H,1-2H3;4H,1-3H3;1,5H,2-3H3;1H4. The molecule has 0 saturated heterocycles. The second-order valence-corrected chi connectivity index (χ2v) is 5.65. The van der Waals surface area contributed by atoms with E-state index in [0.29, 0.717) is 11.8 Å². The highest BCUT2D eigenvalue weighted by molar-refractivity contribution is 5.77. The first kappa shape index (κ1) is 24.5. The number of hydrogen-bond donors (Lipinski definition) is 0. The van der Waals surface area contributed by atoms with Crippen molar-refractivity contribution >= 4 is 5.78 Å². The molecule has 0 aromatic heterocycles. The molecule has 0 atom stereocenters. The van der Waals surface area contributed by atoms with E-state index in [1.54, 1.807) is 6.92 Å². The Labute approximate surface area is 133 Å². The third kappa shape index (κ3) is 18.4. The van der Waals surface area contributed by atoms with E-state index < -0.39 is 0 Å². The normalized spacial score (nSPS) is 8.81. The van der Waals surface area contributed by atoms with E-state index in [1.807, 2.05) is 33.8 Å². The summed E-state index contributed by atoms with van der Waals surface area (Å²) >= 11 is 0. The lowest BCUT2D eigenvalue weighted by Gasteiger charge is -2.01. The molecule has 0 amide bonds. The van der Waals surface area contributed by atoms with Gasteiger partial charge >= 0.3 is 0 Å². The van der Waals surface area contributed by atoms with Gasteiger partial charge in [-0.05, 0) is 18.4 Å². The van der Waals surface area contributed by atoms with Crippen LogP contribution >= 0.6 is 0 Å². The third-order valence-electron chi connectivity index (χ3n) is 2.61. The maximum Gasteiger partial charge on any atom is 0.132 e. The molecule has 0 aliphatic heterocycles. The quantitative estimate of drug-likeness (QED) is 0.615. The van der Waals surface area contributed by atoms with Crippen molar-refractivity contribution in [2.75, 3.05) is 0 Å². The molecule has 1 aromatic rings. The summed E-state index contributed by atoms with van der Waals surface area (Å²) in [5.41, 5.74) is 1.41. The van der Waals surface area contributed by atoms with Gasteiger partial charge in [0.2, 0.25) is 0 Å². The largest absolute Gasteiger partial charge is 0.300 e. The van der Waals surface area contributed by atoms with Crippen LogP contribution < -0.4 is 0 Å². The predicted octanol–water partition coefficient (Wildman–Crippen LogP) is 5.95. The van der Waals surface area contributed by atoms with Crippen molar-refractivity contribution in [1.29, 1.82) is 0 Å². The first-order valence-corrected chi connectivity index (χ1v) is 7.23. The van der Waals surface area contributed by atoms with Gasteiger partial charge in [-0.3, -0.25) is 4.79 Å². The molecule has 0 fully saturated rings. The summed E-state index contributed by atoms with van der Waals surface area (Å²) in [6, 6.07) is 10.5. The van der Waals surface area contributed by atoms with Crippen LogP contribution in [0.15, 0.2) is 30.3 Å². The van der Waals surface area contributed by atoms with Crippen molar-refractivity contribution in [3.05, 3.63) is 35.9 Å². The molecule has 0 saturated carbocycles. The van der Waals surface area contributed by atoms with Crippen molar-refractivity contribution in [1.82, 2.24) is 0 Å². The lowest BCUT2D eigenvalue weighted by atomic mass is 10.0. The highest BCUT2D eigenvalue weighted by atomic mass is 16.1. The van der Waals surface area contributed by atoms with Crippen molar-refractivity contribution < 1.29 is 4.79 Å². The van der Waals surface area contributed by atoms with Crippen LogP contribution in [-0.4, -0.2) is 5.78 Å². The Morgan fingerprint density at radius 2 is 1.33 bits per heavy atom. The minimum absolute atomic E-state index is 0. The predicted molar refractivity (Wildman–Crippen MR) is 96.5 cm³/mol. The highest BCUT2D eigenvalue weighted by Crippen LogP contribution is 2.11. The fraction of sp³-hybridized carbons (Fsp3) is 0.550. The van der Waals surface area contributed by atoms with Gasteiger partial charge in [-0.15, -0.1) is 12.3 Å².